The molecule has 86 valence electrons. The summed E-state index contributed by atoms with van der Waals surface area (Å²) in [6, 6.07) is 8.45. The molecule has 1 heterocycles. The summed E-state index contributed by atoms with van der Waals surface area (Å²) in [5, 5.41) is 5.66. The molecule has 3 heteroatoms. The van der Waals surface area contributed by atoms with Gasteiger partial charge in [0.25, 0.3) is 0 Å². The molecule has 1 aromatic heterocycles. The number of carbonyl (C=O) groups excluding carboxylic acids is 1. The van der Waals surface area contributed by atoms with Crippen molar-refractivity contribution in [2.45, 2.75) is 6.42 Å². The molecule has 3 aromatic rings. The van der Waals surface area contributed by atoms with Gasteiger partial charge < -0.3 is 0 Å². The molecule has 0 spiro atoms. The summed E-state index contributed by atoms with van der Waals surface area (Å²) in [6.07, 6.45) is 4.09. The molecule has 0 atom stereocenters. The zero-order valence-corrected chi connectivity index (χ0v) is 10.3. The van der Waals surface area contributed by atoms with E-state index in [2.05, 4.69) is 34.0 Å². The van der Waals surface area contributed by atoms with Crippen LogP contribution < -0.4 is 0 Å². The first-order chi connectivity index (χ1) is 8.81. The highest BCUT2D eigenvalue weighted by Crippen LogP contribution is 2.30. The fourth-order valence-corrected chi connectivity index (χ4v) is 3.20. The second-order valence-corrected chi connectivity index (χ2v) is 5.19. The Balaban J connectivity index is 2.13. The van der Waals surface area contributed by atoms with E-state index in [0.717, 1.165) is 16.6 Å². The Morgan fingerprint density at radius 2 is 2.06 bits per heavy atom. The molecule has 1 aliphatic rings. The summed E-state index contributed by atoms with van der Waals surface area (Å²) in [7, 11) is 0. The van der Waals surface area contributed by atoms with Crippen molar-refractivity contribution in [3.05, 3.63) is 46.8 Å². The first-order valence-corrected chi connectivity index (χ1v) is 6.65. The highest BCUT2D eigenvalue weighted by molar-refractivity contribution is 7.05. The molecule has 0 saturated heterocycles. The van der Waals surface area contributed by atoms with Crippen molar-refractivity contribution in [2.75, 3.05) is 0 Å². The van der Waals surface area contributed by atoms with E-state index in [1.165, 1.54) is 27.7 Å². The van der Waals surface area contributed by atoms with Gasteiger partial charge in [-0.3, -0.25) is 4.79 Å². The van der Waals surface area contributed by atoms with Gasteiger partial charge in [-0.25, -0.2) is 0 Å². The Hall–Kier alpha value is -2.00. The maximum atomic E-state index is 11.5. The largest absolute Gasteiger partial charge is 0.294 e. The molecule has 0 aliphatic heterocycles. The van der Waals surface area contributed by atoms with Crippen molar-refractivity contribution in [3.63, 3.8) is 0 Å². The van der Waals surface area contributed by atoms with Crippen LogP contribution in [0, 0.1) is 0 Å². The van der Waals surface area contributed by atoms with Crippen LogP contribution in [0.3, 0.4) is 0 Å². The van der Waals surface area contributed by atoms with Crippen molar-refractivity contribution >= 4 is 45.1 Å². The molecular formula is C15H9NOS. The molecule has 2 aromatic carbocycles. The molecule has 0 saturated carbocycles. The Morgan fingerprint density at radius 3 is 3.00 bits per heavy atom. The van der Waals surface area contributed by atoms with Gasteiger partial charge in [-0.05, 0) is 57.7 Å². The van der Waals surface area contributed by atoms with Gasteiger partial charge in [0.05, 0.1) is 5.52 Å². The van der Waals surface area contributed by atoms with Gasteiger partial charge in [0, 0.05) is 17.2 Å². The third kappa shape index (κ3) is 1.34. The lowest BCUT2D eigenvalue weighted by molar-refractivity contribution is -0.114. The third-order valence-electron chi connectivity index (χ3n) is 3.43. The third-order valence-corrected chi connectivity index (χ3v) is 4.08. The van der Waals surface area contributed by atoms with E-state index >= 15 is 0 Å². The van der Waals surface area contributed by atoms with E-state index in [1.54, 1.807) is 6.08 Å². The number of nitrogens with zero attached hydrogens (tertiary/aromatic N) is 1. The lowest BCUT2D eigenvalue weighted by Gasteiger charge is -2.11. The van der Waals surface area contributed by atoms with Gasteiger partial charge in [-0.15, -0.1) is 0 Å². The SMILES string of the molecule is O=C1C=Cc2cc3ccc4nscc4c3cc2C1. The Bertz CT molecular complexity index is 829. The Labute approximate surface area is 108 Å². The molecule has 0 unspecified atom stereocenters. The van der Waals surface area contributed by atoms with Crippen LogP contribution in [0.4, 0.5) is 0 Å². The summed E-state index contributed by atoms with van der Waals surface area (Å²) in [5.74, 6) is 0.178. The van der Waals surface area contributed by atoms with Crippen LogP contribution in [0.2, 0.25) is 0 Å². The molecule has 1 aliphatic carbocycles. The van der Waals surface area contributed by atoms with Crippen molar-refractivity contribution in [1.29, 1.82) is 0 Å². The van der Waals surface area contributed by atoms with Crippen LogP contribution in [0.1, 0.15) is 11.1 Å². The maximum Gasteiger partial charge on any atom is 0.160 e. The lowest BCUT2D eigenvalue weighted by Crippen LogP contribution is -2.05. The van der Waals surface area contributed by atoms with Gasteiger partial charge in [0.2, 0.25) is 0 Å². The molecule has 0 radical (unpaired) electrons. The summed E-state index contributed by atoms with van der Waals surface area (Å²) in [5.41, 5.74) is 3.31. The van der Waals surface area contributed by atoms with Gasteiger partial charge in [-0.2, -0.15) is 4.37 Å². The predicted molar refractivity (Wildman–Crippen MR) is 74.9 cm³/mol. The minimum absolute atomic E-state index is 0.178. The zero-order chi connectivity index (χ0) is 12.1. The van der Waals surface area contributed by atoms with E-state index in [0.29, 0.717) is 6.42 Å². The summed E-state index contributed by atoms with van der Waals surface area (Å²) in [4.78, 5) is 11.5. The average molecular weight is 251 g/mol. The van der Waals surface area contributed by atoms with Gasteiger partial charge >= 0.3 is 0 Å². The lowest BCUT2D eigenvalue weighted by atomic mass is 9.92. The number of aromatic nitrogens is 1. The topological polar surface area (TPSA) is 30.0 Å². The number of benzene rings is 2. The van der Waals surface area contributed by atoms with E-state index in [-0.39, 0.29) is 5.78 Å². The fraction of sp³-hybridized carbons (Fsp3) is 0.0667. The minimum Gasteiger partial charge on any atom is -0.294 e. The Kier molecular flexibility index (Phi) is 1.94. The molecule has 0 N–H and O–H groups in total. The quantitative estimate of drug-likeness (QED) is 0.611. The van der Waals surface area contributed by atoms with Crippen molar-refractivity contribution in [2.24, 2.45) is 0 Å². The van der Waals surface area contributed by atoms with E-state index in [9.17, 15) is 4.79 Å². The van der Waals surface area contributed by atoms with Crippen LogP contribution >= 0.6 is 11.5 Å². The summed E-state index contributed by atoms with van der Waals surface area (Å²) < 4.78 is 4.36. The first kappa shape index (κ1) is 9.97. The minimum atomic E-state index is 0.178. The second-order valence-electron chi connectivity index (χ2n) is 4.56. The Morgan fingerprint density at radius 1 is 1.11 bits per heavy atom. The highest BCUT2D eigenvalue weighted by atomic mass is 32.1. The first-order valence-electron chi connectivity index (χ1n) is 5.82. The standard InChI is InChI=1S/C15H9NOS/c17-12-3-1-9-5-10-2-4-15-14(8-18-16-15)13(10)7-11(9)6-12/h1-5,7-8H,6H2. The number of ketones is 1. The van der Waals surface area contributed by atoms with Crippen LogP contribution in [0.15, 0.2) is 35.7 Å². The van der Waals surface area contributed by atoms with E-state index in [1.807, 2.05) is 6.08 Å². The molecule has 0 amide bonds. The number of hydrogen-bond acceptors (Lipinski definition) is 3. The predicted octanol–water partition coefficient (Wildman–Crippen LogP) is 3.59. The van der Waals surface area contributed by atoms with Gasteiger partial charge in [0.1, 0.15) is 0 Å². The van der Waals surface area contributed by atoms with Gasteiger partial charge in [0.15, 0.2) is 5.78 Å². The van der Waals surface area contributed by atoms with Crippen LogP contribution in [0.25, 0.3) is 27.8 Å². The van der Waals surface area contributed by atoms with Crippen LogP contribution in [0.5, 0.6) is 0 Å². The molecule has 4 rings (SSSR count). The molecule has 18 heavy (non-hydrogen) atoms. The number of hydrogen-bond donors (Lipinski definition) is 0. The van der Waals surface area contributed by atoms with Crippen molar-refractivity contribution in [3.8, 4) is 0 Å². The normalized spacial score (nSPS) is 14.3. The number of allylic oxidation sites excluding steroid dienone is 1. The highest BCUT2D eigenvalue weighted by Gasteiger charge is 2.12. The molecule has 0 fully saturated rings. The van der Waals surface area contributed by atoms with Crippen molar-refractivity contribution < 1.29 is 4.79 Å². The van der Waals surface area contributed by atoms with Crippen LogP contribution in [-0.4, -0.2) is 10.2 Å². The van der Waals surface area contributed by atoms with E-state index in [4.69, 9.17) is 0 Å². The van der Waals surface area contributed by atoms with Crippen LogP contribution in [-0.2, 0) is 11.2 Å². The number of carbonyl (C=O) groups is 1. The number of rotatable bonds is 0. The monoisotopic (exact) mass is 251 g/mol. The maximum absolute atomic E-state index is 11.5. The average Bonchev–Trinajstić information content (AvgIpc) is 2.85. The molecule has 0 bridgehead atoms. The summed E-state index contributed by atoms with van der Waals surface area (Å²) >= 11 is 1.47. The second kappa shape index (κ2) is 3.50. The fourth-order valence-electron chi connectivity index (χ4n) is 2.52. The van der Waals surface area contributed by atoms with E-state index < -0.39 is 0 Å². The zero-order valence-electron chi connectivity index (χ0n) is 9.51. The number of fused-ring (bicyclic) bond motifs is 4. The van der Waals surface area contributed by atoms with Gasteiger partial charge in [-0.1, -0.05) is 12.1 Å². The smallest absolute Gasteiger partial charge is 0.160 e. The summed E-state index contributed by atoms with van der Waals surface area (Å²) in [6.45, 7) is 0. The molecular weight excluding hydrogens is 242 g/mol. The van der Waals surface area contributed by atoms with Crippen molar-refractivity contribution in [1.82, 2.24) is 4.37 Å². The molecule has 2 nitrogen and oxygen atoms in total.